The average Bonchev–Trinajstić information content (AvgIpc) is 1.88. The van der Waals surface area contributed by atoms with Gasteiger partial charge in [-0.2, -0.15) is 0 Å². The summed E-state index contributed by atoms with van der Waals surface area (Å²) in [5, 5.41) is 15.6. The summed E-state index contributed by atoms with van der Waals surface area (Å²) < 4.78 is 0. The Morgan fingerprint density at radius 1 is 1.70 bits per heavy atom. The number of aliphatic hydroxyl groups excluding tert-OH is 1. The average molecular weight is 159 g/mol. The first kappa shape index (κ1) is 8.91. The van der Waals surface area contributed by atoms with Gasteiger partial charge in [0.15, 0.2) is 5.84 Å². The van der Waals surface area contributed by atoms with Crippen LogP contribution in [0.25, 0.3) is 0 Å². The molecule has 0 saturated carbocycles. The van der Waals surface area contributed by atoms with Crippen molar-refractivity contribution < 1.29 is 5.11 Å². The molecular formula is C6H7ClN2O. The van der Waals surface area contributed by atoms with Crippen LogP contribution in [0.5, 0.6) is 0 Å². The van der Waals surface area contributed by atoms with Gasteiger partial charge in [0.25, 0.3) is 0 Å². The molecule has 0 amide bonds. The van der Waals surface area contributed by atoms with Gasteiger partial charge in [-0.3, -0.25) is 5.41 Å². The minimum Gasteiger partial charge on any atom is -0.515 e. The van der Waals surface area contributed by atoms with Crippen molar-refractivity contribution in [3.05, 3.63) is 23.4 Å². The summed E-state index contributed by atoms with van der Waals surface area (Å²) in [6.07, 6.45) is 0.673. The highest BCUT2D eigenvalue weighted by Gasteiger charge is 2.04. The van der Waals surface area contributed by atoms with Crippen molar-refractivity contribution >= 4 is 24.2 Å². The number of nitrogens with one attached hydrogen (secondary N) is 1. The van der Waals surface area contributed by atoms with E-state index < -0.39 is 0 Å². The zero-order chi connectivity index (χ0) is 8.15. The summed E-state index contributed by atoms with van der Waals surface area (Å²) in [6.45, 7) is 6.39. The van der Waals surface area contributed by atoms with E-state index in [1.165, 1.54) is 0 Å². The minimum absolute atomic E-state index is 0.0694. The topological polar surface area (TPSA) is 56.4 Å². The smallest absolute Gasteiger partial charge is 0.155 e. The van der Waals surface area contributed by atoms with E-state index in [1.54, 1.807) is 0 Å². The van der Waals surface area contributed by atoms with E-state index in [0.717, 1.165) is 0 Å². The van der Waals surface area contributed by atoms with Crippen molar-refractivity contribution in [1.29, 1.82) is 5.41 Å². The summed E-state index contributed by atoms with van der Waals surface area (Å²) in [4.78, 5) is 3.24. The lowest BCUT2D eigenvalue weighted by Gasteiger charge is -1.97. The Hall–Kier alpha value is -1.09. The standard InChI is InChI=1S/C6H7ClN2O/c1-4(7)5(3-10)6(8)9-2/h3,8,10H,1-2H2/b5-3-,8-6?. The zero-order valence-corrected chi connectivity index (χ0v) is 6.02. The van der Waals surface area contributed by atoms with Gasteiger partial charge >= 0.3 is 0 Å². The molecule has 4 heteroatoms. The number of nitrogens with zero attached hydrogens (tertiary/aromatic N) is 1. The molecule has 0 aromatic carbocycles. The normalized spacial score (nSPS) is 10.7. The van der Waals surface area contributed by atoms with Gasteiger partial charge in [0, 0.05) is 5.03 Å². The van der Waals surface area contributed by atoms with Crippen LogP contribution in [0.2, 0.25) is 0 Å². The second kappa shape index (κ2) is 3.85. The Kier molecular flexibility index (Phi) is 3.43. The molecule has 0 radical (unpaired) electrons. The maximum Gasteiger partial charge on any atom is 0.155 e. The first-order valence-electron chi connectivity index (χ1n) is 2.38. The minimum atomic E-state index is -0.192. The van der Waals surface area contributed by atoms with Gasteiger partial charge in [0.05, 0.1) is 11.8 Å². The summed E-state index contributed by atoms with van der Waals surface area (Å²) >= 11 is 5.37. The van der Waals surface area contributed by atoms with E-state index in [1.807, 2.05) is 0 Å². The van der Waals surface area contributed by atoms with E-state index in [4.69, 9.17) is 22.1 Å². The van der Waals surface area contributed by atoms with Crippen molar-refractivity contribution in [2.45, 2.75) is 0 Å². The van der Waals surface area contributed by atoms with Gasteiger partial charge in [-0.15, -0.1) is 0 Å². The van der Waals surface area contributed by atoms with Crippen molar-refractivity contribution in [3.8, 4) is 0 Å². The monoisotopic (exact) mass is 158 g/mol. The first-order chi connectivity index (χ1) is 4.63. The Labute approximate surface area is 63.9 Å². The van der Waals surface area contributed by atoms with Gasteiger partial charge in [-0.25, -0.2) is 4.99 Å². The summed E-state index contributed by atoms with van der Waals surface area (Å²) in [5.74, 6) is -0.192. The van der Waals surface area contributed by atoms with Gasteiger partial charge in [0.2, 0.25) is 0 Å². The van der Waals surface area contributed by atoms with Crippen LogP contribution in [-0.2, 0) is 0 Å². The molecule has 0 saturated heterocycles. The highest BCUT2D eigenvalue weighted by atomic mass is 35.5. The summed E-state index contributed by atoms with van der Waals surface area (Å²) in [5.41, 5.74) is 0.0802. The lowest BCUT2D eigenvalue weighted by molar-refractivity contribution is 0.471. The highest BCUT2D eigenvalue weighted by Crippen LogP contribution is 2.12. The Bertz CT molecular complexity index is 208. The third-order valence-electron chi connectivity index (χ3n) is 0.835. The zero-order valence-electron chi connectivity index (χ0n) is 5.26. The predicted octanol–water partition coefficient (Wildman–Crippen LogP) is 1.86. The van der Waals surface area contributed by atoms with E-state index in [2.05, 4.69) is 18.3 Å². The van der Waals surface area contributed by atoms with Crippen molar-refractivity contribution in [2.24, 2.45) is 4.99 Å². The van der Waals surface area contributed by atoms with Crippen LogP contribution < -0.4 is 0 Å². The molecule has 0 unspecified atom stereocenters. The number of aliphatic hydroxyl groups is 1. The number of aliphatic imine (C=N–C) groups is 1. The number of amidine groups is 1. The van der Waals surface area contributed by atoms with Crippen LogP contribution in [0.15, 0.2) is 28.4 Å². The number of halogens is 1. The van der Waals surface area contributed by atoms with Crippen LogP contribution >= 0.6 is 11.6 Å². The molecule has 0 aliphatic rings. The second-order valence-electron chi connectivity index (χ2n) is 1.45. The van der Waals surface area contributed by atoms with Crippen LogP contribution in [0.3, 0.4) is 0 Å². The highest BCUT2D eigenvalue weighted by molar-refractivity contribution is 6.35. The fourth-order valence-corrected chi connectivity index (χ4v) is 0.483. The molecule has 0 fully saturated rings. The van der Waals surface area contributed by atoms with E-state index in [9.17, 15) is 0 Å². The largest absolute Gasteiger partial charge is 0.515 e. The van der Waals surface area contributed by atoms with Crippen LogP contribution in [0.1, 0.15) is 0 Å². The summed E-state index contributed by atoms with van der Waals surface area (Å²) in [7, 11) is 0. The van der Waals surface area contributed by atoms with E-state index in [-0.39, 0.29) is 16.4 Å². The molecular weight excluding hydrogens is 152 g/mol. The molecule has 3 nitrogen and oxygen atoms in total. The molecule has 54 valence electrons. The van der Waals surface area contributed by atoms with Crippen molar-refractivity contribution in [1.82, 2.24) is 0 Å². The lowest BCUT2D eigenvalue weighted by Crippen LogP contribution is -1.96. The van der Waals surface area contributed by atoms with Crippen LogP contribution in [-0.4, -0.2) is 17.7 Å². The molecule has 0 aromatic heterocycles. The molecule has 0 atom stereocenters. The van der Waals surface area contributed by atoms with Gasteiger partial charge in [0.1, 0.15) is 0 Å². The predicted molar refractivity (Wildman–Crippen MR) is 43.0 cm³/mol. The van der Waals surface area contributed by atoms with E-state index in [0.29, 0.717) is 6.26 Å². The van der Waals surface area contributed by atoms with Gasteiger partial charge in [-0.1, -0.05) is 18.2 Å². The van der Waals surface area contributed by atoms with Gasteiger partial charge in [-0.05, 0) is 6.72 Å². The van der Waals surface area contributed by atoms with Gasteiger partial charge < -0.3 is 5.11 Å². The summed E-state index contributed by atoms with van der Waals surface area (Å²) in [6, 6.07) is 0. The van der Waals surface area contributed by atoms with Crippen molar-refractivity contribution in [2.75, 3.05) is 0 Å². The SMILES string of the molecule is C=NC(=N)/C(=C\O)C(=C)Cl. The molecule has 0 rings (SSSR count). The molecule has 2 N–H and O–H groups in total. The molecule has 10 heavy (non-hydrogen) atoms. The molecule has 0 spiro atoms. The molecule has 0 heterocycles. The van der Waals surface area contributed by atoms with E-state index >= 15 is 0 Å². The fraction of sp³-hybridized carbons (Fsp3) is 0. The number of hydrogen-bond donors (Lipinski definition) is 2. The van der Waals surface area contributed by atoms with Crippen LogP contribution in [0, 0.1) is 5.41 Å². The quantitative estimate of drug-likeness (QED) is 0.274. The lowest BCUT2D eigenvalue weighted by atomic mass is 10.3. The third-order valence-corrected chi connectivity index (χ3v) is 1.04. The first-order valence-corrected chi connectivity index (χ1v) is 2.76. The second-order valence-corrected chi connectivity index (χ2v) is 1.91. The number of rotatable bonds is 2. The Balaban J connectivity index is 4.54. The molecule has 0 aliphatic carbocycles. The number of hydrogen-bond acceptors (Lipinski definition) is 2. The molecule has 0 aliphatic heterocycles. The third kappa shape index (κ3) is 2.03. The maximum absolute atomic E-state index is 8.46. The Morgan fingerprint density at radius 2 is 2.20 bits per heavy atom. The Morgan fingerprint density at radius 3 is 2.30 bits per heavy atom. The van der Waals surface area contributed by atoms with Crippen molar-refractivity contribution in [3.63, 3.8) is 0 Å². The fourth-order valence-electron chi connectivity index (χ4n) is 0.345. The van der Waals surface area contributed by atoms with Crippen LogP contribution in [0.4, 0.5) is 0 Å². The molecule has 0 aromatic rings. The maximum atomic E-state index is 8.46. The molecule has 0 bridgehead atoms.